The highest BCUT2D eigenvalue weighted by Crippen LogP contribution is 2.44. The fourth-order valence-electron chi connectivity index (χ4n) is 1.49. The maximum atomic E-state index is 14.1. The second-order valence-corrected chi connectivity index (χ2v) is 4.74. The van der Waals surface area contributed by atoms with Gasteiger partial charge in [-0.25, -0.2) is 13.2 Å². The predicted molar refractivity (Wildman–Crippen MR) is 64.3 cm³/mol. The number of alkyl halides is 2. The highest BCUT2D eigenvalue weighted by molar-refractivity contribution is 5.32. The van der Waals surface area contributed by atoms with Gasteiger partial charge in [0.05, 0.1) is 6.61 Å². The molecule has 0 aliphatic carbocycles. The number of hydrogen-bond donors (Lipinski definition) is 1. The van der Waals surface area contributed by atoms with Crippen molar-refractivity contribution < 1.29 is 17.9 Å². The van der Waals surface area contributed by atoms with E-state index in [4.69, 9.17) is 10.5 Å². The van der Waals surface area contributed by atoms with Crippen molar-refractivity contribution in [1.82, 2.24) is 0 Å². The second-order valence-electron chi connectivity index (χ2n) is 4.74. The van der Waals surface area contributed by atoms with E-state index in [1.165, 1.54) is 26.0 Å². The molecule has 0 amide bonds. The van der Waals surface area contributed by atoms with Crippen LogP contribution in [0.15, 0.2) is 18.2 Å². The Morgan fingerprint density at radius 2 is 1.89 bits per heavy atom. The summed E-state index contributed by atoms with van der Waals surface area (Å²) in [7, 11) is 0. The van der Waals surface area contributed by atoms with Crippen molar-refractivity contribution >= 4 is 0 Å². The first-order valence-electron chi connectivity index (χ1n) is 5.77. The maximum Gasteiger partial charge on any atom is 0.279 e. The van der Waals surface area contributed by atoms with Gasteiger partial charge >= 0.3 is 0 Å². The van der Waals surface area contributed by atoms with E-state index in [0.717, 1.165) is 6.07 Å². The molecule has 18 heavy (non-hydrogen) atoms. The number of hydrogen-bond acceptors (Lipinski definition) is 2. The van der Waals surface area contributed by atoms with Gasteiger partial charge in [-0.15, -0.1) is 0 Å². The summed E-state index contributed by atoms with van der Waals surface area (Å²) in [5.74, 6) is -4.02. The minimum atomic E-state index is -3.20. The summed E-state index contributed by atoms with van der Waals surface area (Å²) >= 11 is 0. The monoisotopic (exact) mass is 261 g/mol. The molecule has 1 rings (SSSR count). The molecule has 102 valence electrons. The highest BCUT2D eigenvalue weighted by atomic mass is 19.3. The SMILES string of the molecule is CCOc1ccc(C(F)(F)C(C)(C)CN)cc1F. The van der Waals surface area contributed by atoms with E-state index in [-0.39, 0.29) is 24.5 Å². The van der Waals surface area contributed by atoms with Gasteiger partial charge in [0.25, 0.3) is 5.92 Å². The summed E-state index contributed by atoms with van der Waals surface area (Å²) in [5, 5.41) is 0. The van der Waals surface area contributed by atoms with Crippen LogP contribution in [0.2, 0.25) is 0 Å². The number of nitrogens with two attached hydrogens (primary N) is 1. The molecular formula is C13H18F3NO. The molecule has 0 heterocycles. The summed E-state index contributed by atoms with van der Waals surface area (Å²) in [5.41, 5.74) is 3.52. The molecule has 0 aliphatic rings. The van der Waals surface area contributed by atoms with Crippen LogP contribution in [0.5, 0.6) is 5.75 Å². The lowest BCUT2D eigenvalue weighted by Gasteiger charge is -2.33. The van der Waals surface area contributed by atoms with Crippen LogP contribution >= 0.6 is 0 Å². The van der Waals surface area contributed by atoms with Crippen molar-refractivity contribution in [3.8, 4) is 5.75 Å². The third-order valence-electron chi connectivity index (χ3n) is 2.95. The Morgan fingerprint density at radius 1 is 1.28 bits per heavy atom. The molecule has 0 saturated heterocycles. The quantitative estimate of drug-likeness (QED) is 0.882. The molecular weight excluding hydrogens is 243 g/mol. The zero-order chi connectivity index (χ0) is 14.0. The van der Waals surface area contributed by atoms with Gasteiger partial charge in [-0.1, -0.05) is 13.8 Å². The van der Waals surface area contributed by atoms with Crippen molar-refractivity contribution in [2.24, 2.45) is 11.1 Å². The molecule has 5 heteroatoms. The molecule has 1 aromatic carbocycles. The van der Waals surface area contributed by atoms with Gasteiger partial charge in [0.1, 0.15) is 0 Å². The number of ether oxygens (including phenoxy) is 1. The van der Waals surface area contributed by atoms with Crippen LogP contribution in [0.4, 0.5) is 13.2 Å². The fraction of sp³-hybridized carbons (Fsp3) is 0.538. The normalized spacial score (nSPS) is 12.6. The van der Waals surface area contributed by atoms with Gasteiger partial charge in [-0.3, -0.25) is 0 Å². The van der Waals surface area contributed by atoms with E-state index in [1.807, 2.05) is 0 Å². The largest absolute Gasteiger partial charge is 0.491 e. The molecule has 0 aromatic heterocycles. The van der Waals surface area contributed by atoms with Crippen molar-refractivity contribution in [2.75, 3.05) is 13.2 Å². The Hall–Kier alpha value is -1.23. The first kappa shape index (κ1) is 14.8. The third-order valence-corrected chi connectivity index (χ3v) is 2.95. The predicted octanol–water partition coefficient (Wildman–Crippen LogP) is 3.30. The lowest BCUT2D eigenvalue weighted by molar-refractivity contribution is -0.109. The first-order chi connectivity index (χ1) is 8.26. The molecule has 0 aliphatic heterocycles. The van der Waals surface area contributed by atoms with Gasteiger partial charge in [0, 0.05) is 17.5 Å². The molecule has 0 radical (unpaired) electrons. The summed E-state index contributed by atoms with van der Waals surface area (Å²) in [6.07, 6.45) is 0. The van der Waals surface area contributed by atoms with Crippen LogP contribution in [-0.4, -0.2) is 13.2 Å². The van der Waals surface area contributed by atoms with E-state index in [1.54, 1.807) is 6.92 Å². The number of halogens is 3. The van der Waals surface area contributed by atoms with Gasteiger partial charge in [0.2, 0.25) is 0 Å². The number of rotatable bonds is 5. The van der Waals surface area contributed by atoms with Crippen LogP contribution < -0.4 is 10.5 Å². The Balaban J connectivity index is 3.15. The second kappa shape index (κ2) is 5.18. The molecule has 0 spiro atoms. The molecule has 2 nitrogen and oxygen atoms in total. The summed E-state index contributed by atoms with van der Waals surface area (Å²) in [6.45, 7) is 4.47. The van der Waals surface area contributed by atoms with Gasteiger partial charge in [-0.2, -0.15) is 0 Å². The van der Waals surface area contributed by atoms with E-state index in [9.17, 15) is 13.2 Å². The Bertz CT molecular complexity index is 419. The van der Waals surface area contributed by atoms with E-state index in [2.05, 4.69) is 0 Å². The van der Waals surface area contributed by atoms with Crippen LogP contribution in [0.1, 0.15) is 26.3 Å². The molecule has 1 aromatic rings. The fourth-order valence-corrected chi connectivity index (χ4v) is 1.49. The van der Waals surface area contributed by atoms with E-state index in [0.29, 0.717) is 0 Å². The highest BCUT2D eigenvalue weighted by Gasteiger charge is 2.47. The zero-order valence-electron chi connectivity index (χ0n) is 10.8. The van der Waals surface area contributed by atoms with Gasteiger partial charge in [0.15, 0.2) is 11.6 Å². The van der Waals surface area contributed by atoms with Crippen molar-refractivity contribution in [2.45, 2.75) is 26.7 Å². The molecule has 0 saturated carbocycles. The smallest absolute Gasteiger partial charge is 0.279 e. The van der Waals surface area contributed by atoms with Crippen LogP contribution in [-0.2, 0) is 5.92 Å². The lowest BCUT2D eigenvalue weighted by Crippen LogP contribution is -2.40. The van der Waals surface area contributed by atoms with E-state index >= 15 is 0 Å². The average Bonchev–Trinajstić information content (AvgIpc) is 2.31. The summed E-state index contributed by atoms with van der Waals surface area (Å²) < 4.78 is 46.8. The first-order valence-corrected chi connectivity index (χ1v) is 5.77. The molecule has 0 unspecified atom stereocenters. The topological polar surface area (TPSA) is 35.2 Å². The standard InChI is InChI=1S/C13H18F3NO/c1-4-18-11-6-5-9(7-10(11)14)13(15,16)12(2,3)8-17/h5-7H,4,8,17H2,1-3H3. The maximum absolute atomic E-state index is 14.1. The Kier molecular flexibility index (Phi) is 4.27. The minimum Gasteiger partial charge on any atom is -0.491 e. The van der Waals surface area contributed by atoms with Crippen molar-refractivity contribution in [1.29, 1.82) is 0 Å². The van der Waals surface area contributed by atoms with Crippen LogP contribution in [0, 0.1) is 11.2 Å². The zero-order valence-corrected chi connectivity index (χ0v) is 10.8. The van der Waals surface area contributed by atoms with Crippen LogP contribution in [0.3, 0.4) is 0 Å². The molecule has 0 atom stereocenters. The van der Waals surface area contributed by atoms with Crippen LogP contribution in [0.25, 0.3) is 0 Å². The molecule has 0 bridgehead atoms. The van der Waals surface area contributed by atoms with Gasteiger partial charge in [-0.05, 0) is 25.1 Å². The lowest BCUT2D eigenvalue weighted by atomic mass is 9.81. The van der Waals surface area contributed by atoms with Crippen molar-refractivity contribution in [3.05, 3.63) is 29.6 Å². The van der Waals surface area contributed by atoms with E-state index < -0.39 is 17.2 Å². The van der Waals surface area contributed by atoms with Gasteiger partial charge < -0.3 is 10.5 Å². The number of benzene rings is 1. The molecule has 2 N–H and O–H groups in total. The Labute approximate surface area is 105 Å². The third kappa shape index (κ3) is 2.61. The average molecular weight is 261 g/mol. The molecule has 0 fully saturated rings. The summed E-state index contributed by atoms with van der Waals surface area (Å²) in [6, 6.07) is 3.20. The summed E-state index contributed by atoms with van der Waals surface area (Å²) in [4.78, 5) is 0. The Morgan fingerprint density at radius 3 is 2.33 bits per heavy atom. The minimum absolute atomic E-state index is 0.0254. The van der Waals surface area contributed by atoms with Crippen molar-refractivity contribution in [3.63, 3.8) is 0 Å².